The Balaban J connectivity index is 2.38. The van der Waals surface area contributed by atoms with Crippen LogP contribution in [0.25, 0.3) is 0 Å². The third kappa shape index (κ3) is 3.63. The molecule has 0 aliphatic rings. The molecule has 1 nitrogen and oxygen atoms in total. The molecule has 3 heteroatoms. The molecule has 0 saturated heterocycles. The van der Waals surface area contributed by atoms with Crippen molar-refractivity contribution in [1.29, 1.82) is 0 Å². The Morgan fingerprint density at radius 3 is 2.33 bits per heavy atom. The van der Waals surface area contributed by atoms with Crippen molar-refractivity contribution in [2.75, 3.05) is 6.54 Å². The van der Waals surface area contributed by atoms with Crippen LogP contribution < -0.4 is 5.32 Å². The number of likely N-dealkylation sites (N-methyl/N-ethyl adjacent to an activating group) is 1. The molecule has 0 saturated carbocycles. The summed E-state index contributed by atoms with van der Waals surface area (Å²) in [5.74, 6) is -0.312. The number of aryl methyl sites for hydroxylation is 2. The second kappa shape index (κ2) is 7.06. The predicted molar refractivity (Wildman–Crippen MR) is 87.4 cm³/mol. The molecule has 1 N–H and O–H groups in total. The average molecular weight is 306 g/mol. The first-order chi connectivity index (χ1) is 10.0. The molecule has 2 aromatic carbocycles. The Kier molecular flexibility index (Phi) is 5.38. The summed E-state index contributed by atoms with van der Waals surface area (Å²) in [5, 5.41) is 3.65. The van der Waals surface area contributed by atoms with Gasteiger partial charge in [-0.25, -0.2) is 4.39 Å². The van der Waals surface area contributed by atoms with Crippen LogP contribution in [0.3, 0.4) is 0 Å². The summed E-state index contributed by atoms with van der Waals surface area (Å²) in [4.78, 5) is 0. The Labute approximate surface area is 131 Å². The van der Waals surface area contributed by atoms with Crippen LogP contribution in [-0.4, -0.2) is 6.54 Å². The highest BCUT2D eigenvalue weighted by Gasteiger charge is 2.18. The summed E-state index contributed by atoms with van der Waals surface area (Å²) in [7, 11) is 0. The van der Waals surface area contributed by atoms with Crippen LogP contribution in [0.5, 0.6) is 0 Å². The molecule has 1 unspecified atom stereocenters. The van der Waals surface area contributed by atoms with Gasteiger partial charge < -0.3 is 5.32 Å². The molecule has 0 bridgehead atoms. The van der Waals surface area contributed by atoms with Gasteiger partial charge in [0.1, 0.15) is 5.82 Å². The van der Waals surface area contributed by atoms with E-state index in [-0.39, 0.29) is 16.9 Å². The summed E-state index contributed by atoms with van der Waals surface area (Å²) in [6, 6.07) is 11.5. The first kappa shape index (κ1) is 16.0. The van der Waals surface area contributed by atoms with Crippen LogP contribution in [0.1, 0.15) is 35.2 Å². The lowest BCUT2D eigenvalue weighted by atomic mass is 9.91. The summed E-state index contributed by atoms with van der Waals surface area (Å²) < 4.78 is 14.2. The van der Waals surface area contributed by atoms with Gasteiger partial charge >= 0.3 is 0 Å². The van der Waals surface area contributed by atoms with E-state index in [0.717, 1.165) is 6.54 Å². The van der Waals surface area contributed by atoms with Crippen molar-refractivity contribution in [3.8, 4) is 0 Å². The highest BCUT2D eigenvalue weighted by molar-refractivity contribution is 6.30. The van der Waals surface area contributed by atoms with Gasteiger partial charge in [-0.05, 0) is 55.1 Å². The van der Waals surface area contributed by atoms with E-state index in [2.05, 4.69) is 44.3 Å². The molecule has 0 amide bonds. The van der Waals surface area contributed by atoms with Crippen molar-refractivity contribution < 1.29 is 4.39 Å². The van der Waals surface area contributed by atoms with Crippen LogP contribution >= 0.6 is 11.6 Å². The maximum Gasteiger partial charge on any atom is 0.145 e. The number of hydrogen-bond acceptors (Lipinski definition) is 1. The molecule has 0 radical (unpaired) electrons. The van der Waals surface area contributed by atoms with Gasteiger partial charge in [-0.3, -0.25) is 0 Å². The second-order valence-electron chi connectivity index (χ2n) is 5.33. The van der Waals surface area contributed by atoms with Crippen LogP contribution in [0.2, 0.25) is 5.02 Å². The van der Waals surface area contributed by atoms with Crippen molar-refractivity contribution in [2.45, 2.75) is 33.2 Å². The fourth-order valence-corrected chi connectivity index (χ4v) is 3.02. The number of rotatable bonds is 5. The molecule has 2 aromatic rings. The fraction of sp³-hybridized carbons (Fsp3) is 0.333. The normalized spacial score (nSPS) is 12.4. The zero-order valence-corrected chi connectivity index (χ0v) is 13.5. The topological polar surface area (TPSA) is 12.0 Å². The summed E-state index contributed by atoms with van der Waals surface area (Å²) >= 11 is 5.89. The molecule has 0 aromatic heterocycles. The van der Waals surface area contributed by atoms with E-state index in [1.54, 1.807) is 18.2 Å². The minimum atomic E-state index is -0.312. The molecule has 0 spiro atoms. The fourth-order valence-electron chi connectivity index (χ4n) is 2.83. The van der Waals surface area contributed by atoms with Gasteiger partial charge in [-0.1, -0.05) is 48.9 Å². The molecular formula is C18H21ClFN. The maximum atomic E-state index is 14.2. The minimum absolute atomic E-state index is 0.0872. The molecule has 112 valence electrons. The van der Waals surface area contributed by atoms with Crippen molar-refractivity contribution in [3.63, 3.8) is 0 Å². The lowest BCUT2D eigenvalue weighted by molar-refractivity contribution is 0.524. The van der Waals surface area contributed by atoms with E-state index >= 15 is 0 Å². The number of halogens is 2. The van der Waals surface area contributed by atoms with E-state index in [1.807, 2.05) is 0 Å². The predicted octanol–water partition coefficient (Wildman–Crippen LogP) is 4.99. The molecule has 1 atom stereocenters. The van der Waals surface area contributed by atoms with Crippen LogP contribution in [0.4, 0.5) is 4.39 Å². The van der Waals surface area contributed by atoms with Gasteiger partial charge in [0.2, 0.25) is 0 Å². The summed E-state index contributed by atoms with van der Waals surface area (Å²) in [6.45, 7) is 7.09. The molecule has 2 rings (SSSR count). The molecular weight excluding hydrogens is 285 g/mol. The van der Waals surface area contributed by atoms with Crippen molar-refractivity contribution >= 4 is 11.6 Å². The molecule has 0 aliphatic carbocycles. The largest absolute Gasteiger partial charge is 0.310 e. The zero-order chi connectivity index (χ0) is 15.4. The van der Waals surface area contributed by atoms with Crippen LogP contribution in [0, 0.1) is 19.7 Å². The Morgan fingerprint density at radius 2 is 1.71 bits per heavy atom. The Morgan fingerprint density at radius 1 is 1.10 bits per heavy atom. The quantitative estimate of drug-likeness (QED) is 0.820. The average Bonchev–Trinajstić information content (AvgIpc) is 2.44. The highest BCUT2D eigenvalue weighted by Crippen LogP contribution is 2.27. The van der Waals surface area contributed by atoms with Gasteiger partial charge in [-0.2, -0.15) is 0 Å². The van der Waals surface area contributed by atoms with E-state index in [9.17, 15) is 4.39 Å². The van der Waals surface area contributed by atoms with E-state index in [1.165, 1.54) is 16.7 Å². The Hall–Kier alpha value is -1.38. The summed E-state index contributed by atoms with van der Waals surface area (Å²) in [5.41, 5.74) is 4.35. The van der Waals surface area contributed by atoms with E-state index < -0.39 is 0 Å². The van der Waals surface area contributed by atoms with Crippen LogP contribution in [-0.2, 0) is 6.42 Å². The van der Waals surface area contributed by atoms with Crippen molar-refractivity contribution in [3.05, 3.63) is 69.5 Å². The minimum Gasteiger partial charge on any atom is -0.310 e. The van der Waals surface area contributed by atoms with Gasteiger partial charge in [0.15, 0.2) is 0 Å². The smallest absolute Gasteiger partial charge is 0.145 e. The number of nitrogens with one attached hydrogen (secondary N) is 1. The third-order valence-corrected chi connectivity index (χ3v) is 4.09. The molecule has 0 fully saturated rings. The zero-order valence-electron chi connectivity index (χ0n) is 12.7. The Bertz CT molecular complexity index is 604. The first-order valence-electron chi connectivity index (χ1n) is 7.27. The van der Waals surface area contributed by atoms with E-state index in [4.69, 9.17) is 11.6 Å². The second-order valence-corrected chi connectivity index (χ2v) is 5.74. The monoisotopic (exact) mass is 305 g/mol. The highest BCUT2D eigenvalue weighted by atomic mass is 35.5. The number of benzene rings is 2. The van der Waals surface area contributed by atoms with Gasteiger partial charge in [0, 0.05) is 6.04 Å². The lowest BCUT2D eigenvalue weighted by Gasteiger charge is -2.23. The van der Waals surface area contributed by atoms with Crippen molar-refractivity contribution in [2.24, 2.45) is 0 Å². The van der Waals surface area contributed by atoms with Gasteiger partial charge in [-0.15, -0.1) is 0 Å². The standard InChI is InChI=1S/C18H21ClFN/c1-4-21-16(17-12(2)7-5-8-13(17)3)11-14-9-6-10-15(19)18(14)20/h5-10,16,21H,4,11H2,1-3H3. The first-order valence-corrected chi connectivity index (χ1v) is 7.64. The lowest BCUT2D eigenvalue weighted by Crippen LogP contribution is -2.25. The van der Waals surface area contributed by atoms with Gasteiger partial charge in [0.05, 0.1) is 5.02 Å². The summed E-state index contributed by atoms with van der Waals surface area (Å²) in [6.07, 6.45) is 0.589. The molecule has 0 heterocycles. The molecule has 21 heavy (non-hydrogen) atoms. The van der Waals surface area contributed by atoms with Crippen LogP contribution in [0.15, 0.2) is 36.4 Å². The van der Waals surface area contributed by atoms with Gasteiger partial charge in [0.25, 0.3) is 0 Å². The SMILES string of the molecule is CCNC(Cc1cccc(Cl)c1F)c1c(C)cccc1C. The molecule has 0 aliphatic heterocycles. The van der Waals surface area contributed by atoms with Crippen molar-refractivity contribution in [1.82, 2.24) is 5.32 Å². The van der Waals surface area contributed by atoms with E-state index in [0.29, 0.717) is 12.0 Å². The number of hydrogen-bond donors (Lipinski definition) is 1. The maximum absolute atomic E-state index is 14.2. The third-order valence-electron chi connectivity index (χ3n) is 3.80.